The van der Waals surface area contributed by atoms with Crippen LogP contribution in [0.5, 0.6) is 0 Å². The zero-order valence-corrected chi connectivity index (χ0v) is 17.9. The second-order valence-corrected chi connectivity index (χ2v) is 14.4. The minimum atomic E-state index is -1.50. The van der Waals surface area contributed by atoms with E-state index < -0.39 is 25.2 Å². The van der Waals surface area contributed by atoms with Crippen molar-refractivity contribution >= 4 is 0 Å². The standard InChI is InChI=1S/2C5H12N3.Hg/c2*1-5(2,3)7-8-6-4;/h2*1-4H3;/q2*-1;+2. The van der Waals surface area contributed by atoms with Gasteiger partial charge in [-0.25, -0.2) is 0 Å². The predicted octanol–water partition coefficient (Wildman–Crippen LogP) is 3.09. The Balaban J connectivity index is 4.18. The molecule has 0 radical (unpaired) electrons. The summed E-state index contributed by atoms with van der Waals surface area (Å²) in [4.78, 5) is 0. The summed E-state index contributed by atoms with van der Waals surface area (Å²) in [6.45, 7) is 12.2. The summed E-state index contributed by atoms with van der Waals surface area (Å²) in [6, 6.07) is 0. The van der Waals surface area contributed by atoms with E-state index in [-0.39, 0.29) is 11.1 Å². The van der Waals surface area contributed by atoms with Crippen molar-refractivity contribution in [3.05, 3.63) is 0 Å². The van der Waals surface area contributed by atoms with Crippen LogP contribution in [-0.2, 0) is 25.2 Å². The quantitative estimate of drug-likeness (QED) is 0.392. The molecule has 0 aliphatic carbocycles. The molecule has 0 aliphatic heterocycles. The molecular formula is C10H24HgN6. The SMILES string of the molecule is C[N](N=NC(C)(C)C)[Hg][N](C)N=NC(C)(C)C. The predicted molar refractivity (Wildman–Crippen MR) is 64.7 cm³/mol. The summed E-state index contributed by atoms with van der Waals surface area (Å²) in [7, 11) is 3.92. The Labute approximate surface area is 118 Å². The maximum absolute atomic E-state index is 4.23. The number of hydrogen-bond acceptors (Lipinski definition) is 4. The van der Waals surface area contributed by atoms with E-state index in [1.807, 2.05) is 61.2 Å². The summed E-state index contributed by atoms with van der Waals surface area (Å²) in [5.41, 5.74) is -0.235. The monoisotopic (exact) mass is 430 g/mol. The number of rotatable bonds is 4. The topological polar surface area (TPSA) is 55.9 Å². The fraction of sp³-hybridized carbons (Fsp3) is 1.00. The second kappa shape index (κ2) is 6.61. The molecule has 0 heterocycles. The van der Waals surface area contributed by atoms with Gasteiger partial charge in [0.2, 0.25) is 0 Å². The summed E-state index contributed by atoms with van der Waals surface area (Å²) in [6.07, 6.45) is 0. The van der Waals surface area contributed by atoms with Gasteiger partial charge in [0.1, 0.15) is 0 Å². The Morgan fingerprint density at radius 3 is 1.24 bits per heavy atom. The van der Waals surface area contributed by atoms with Gasteiger partial charge in [-0.05, 0) is 0 Å². The molecule has 0 bridgehead atoms. The third-order valence-corrected chi connectivity index (χ3v) is 5.57. The number of nitrogens with zero attached hydrogens (tertiary/aromatic N) is 6. The molecular weight excluding hydrogens is 405 g/mol. The Bertz CT molecular complexity index is 248. The van der Waals surface area contributed by atoms with E-state index in [2.05, 4.69) is 20.7 Å². The van der Waals surface area contributed by atoms with Gasteiger partial charge in [0.25, 0.3) is 0 Å². The first-order valence-corrected chi connectivity index (χ1v) is 10.7. The fourth-order valence-corrected chi connectivity index (χ4v) is 4.01. The van der Waals surface area contributed by atoms with Gasteiger partial charge in [0.05, 0.1) is 0 Å². The van der Waals surface area contributed by atoms with Crippen molar-refractivity contribution < 1.29 is 25.2 Å². The zero-order chi connectivity index (χ0) is 13.7. The molecule has 0 unspecified atom stereocenters. The van der Waals surface area contributed by atoms with Gasteiger partial charge in [-0.3, -0.25) is 0 Å². The molecule has 0 aromatic rings. The summed E-state index contributed by atoms with van der Waals surface area (Å²) >= 11 is -1.50. The van der Waals surface area contributed by atoms with Crippen LogP contribution in [0.3, 0.4) is 0 Å². The van der Waals surface area contributed by atoms with Gasteiger partial charge in [-0.15, -0.1) is 0 Å². The summed E-state index contributed by atoms with van der Waals surface area (Å²) in [5.74, 6) is 0. The molecule has 0 saturated heterocycles. The van der Waals surface area contributed by atoms with E-state index in [0.717, 1.165) is 0 Å². The molecule has 6 nitrogen and oxygen atoms in total. The first kappa shape index (κ1) is 16.7. The molecule has 0 N–H and O–H groups in total. The summed E-state index contributed by atoms with van der Waals surface area (Å²) < 4.78 is 3.90. The Morgan fingerprint density at radius 1 is 0.706 bits per heavy atom. The van der Waals surface area contributed by atoms with Crippen LogP contribution >= 0.6 is 0 Å². The second-order valence-electron chi connectivity index (χ2n) is 6.18. The molecule has 0 rings (SSSR count). The normalized spacial score (nSPS) is 13.2. The Hall–Kier alpha value is -0.265. The van der Waals surface area contributed by atoms with E-state index in [9.17, 15) is 0 Å². The van der Waals surface area contributed by atoms with E-state index in [1.54, 1.807) is 0 Å². The third-order valence-electron chi connectivity index (χ3n) is 1.40. The van der Waals surface area contributed by atoms with Gasteiger partial charge >= 0.3 is 118 Å². The molecule has 0 amide bonds. The van der Waals surface area contributed by atoms with Crippen LogP contribution in [0.1, 0.15) is 41.5 Å². The van der Waals surface area contributed by atoms with Crippen molar-refractivity contribution in [2.24, 2.45) is 20.7 Å². The average molecular weight is 429 g/mol. The molecule has 0 saturated carbocycles. The van der Waals surface area contributed by atoms with Crippen LogP contribution in [0.2, 0.25) is 0 Å². The van der Waals surface area contributed by atoms with Gasteiger partial charge in [0.15, 0.2) is 0 Å². The molecule has 0 aromatic carbocycles. The van der Waals surface area contributed by atoms with Crippen LogP contribution < -0.4 is 0 Å². The molecule has 17 heavy (non-hydrogen) atoms. The van der Waals surface area contributed by atoms with Crippen molar-refractivity contribution in [2.75, 3.05) is 14.1 Å². The molecule has 7 heteroatoms. The van der Waals surface area contributed by atoms with Crippen molar-refractivity contribution in [1.82, 2.24) is 5.55 Å². The third kappa shape index (κ3) is 12.0. The van der Waals surface area contributed by atoms with E-state index in [1.165, 1.54) is 0 Å². The Kier molecular flexibility index (Phi) is 6.51. The van der Waals surface area contributed by atoms with Crippen LogP contribution in [0, 0.1) is 0 Å². The van der Waals surface area contributed by atoms with Crippen LogP contribution in [0.25, 0.3) is 0 Å². The summed E-state index contributed by atoms with van der Waals surface area (Å²) in [5, 5.41) is 16.8. The molecule has 0 spiro atoms. The van der Waals surface area contributed by atoms with Crippen molar-refractivity contribution in [2.45, 2.75) is 52.6 Å². The first-order valence-electron chi connectivity index (χ1n) is 5.77. The van der Waals surface area contributed by atoms with E-state index in [0.29, 0.717) is 0 Å². The Morgan fingerprint density at radius 2 is 1.00 bits per heavy atom. The van der Waals surface area contributed by atoms with Crippen LogP contribution in [0.15, 0.2) is 20.7 Å². The molecule has 0 aromatic heterocycles. The van der Waals surface area contributed by atoms with Gasteiger partial charge in [0, 0.05) is 0 Å². The maximum atomic E-state index is 4.23. The van der Waals surface area contributed by atoms with Crippen molar-refractivity contribution in [3.8, 4) is 0 Å². The minimum absolute atomic E-state index is 0.117. The molecule has 96 valence electrons. The van der Waals surface area contributed by atoms with E-state index in [4.69, 9.17) is 0 Å². The van der Waals surface area contributed by atoms with Crippen LogP contribution in [0.4, 0.5) is 0 Å². The van der Waals surface area contributed by atoms with Gasteiger partial charge in [-0.1, -0.05) is 0 Å². The van der Waals surface area contributed by atoms with Crippen molar-refractivity contribution in [3.63, 3.8) is 0 Å². The van der Waals surface area contributed by atoms with Crippen LogP contribution in [-0.4, -0.2) is 30.7 Å². The number of hydrogen-bond donors (Lipinski definition) is 0. The van der Waals surface area contributed by atoms with Gasteiger partial charge in [-0.2, -0.15) is 0 Å². The van der Waals surface area contributed by atoms with E-state index >= 15 is 0 Å². The van der Waals surface area contributed by atoms with Gasteiger partial charge < -0.3 is 0 Å². The zero-order valence-electron chi connectivity index (χ0n) is 12.4. The first-order chi connectivity index (χ1) is 7.49. The average Bonchev–Trinajstić information content (AvgIpc) is 2.09. The molecule has 0 atom stereocenters. The molecule has 0 aliphatic rings. The fourth-order valence-electron chi connectivity index (χ4n) is 0.774. The molecule has 0 fully saturated rings. The van der Waals surface area contributed by atoms with Crippen molar-refractivity contribution in [1.29, 1.82) is 0 Å².